The third-order valence-electron chi connectivity index (χ3n) is 4.23. The Hall–Kier alpha value is -1.94. The predicted octanol–water partition coefficient (Wildman–Crippen LogP) is 4.32. The first-order valence-electron chi connectivity index (χ1n) is 7.28. The van der Waals surface area contributed by atoms with Crippen LogP contribution in [0, 0.1) is 5.82 Å². The van der Waals surface area contributed by atoms with Crippen LogP contribution in [0.2, 0.25) is 5.02 Å². The van der Waals surface area contributed by atoms with Crippen LogP contribution in [0.3, 0.4) is 0 Å². The Bertz CT molecular complexity index is 699. The summed E-state index contributed by atoms with van der Waals surface area (Å²) in [4.78, 5) is 16.6. The molecule has 3 nitrogen and oxygen atoms in total. The molecule has 1 fully saturated rings. The van der Waals surface area contributed by atoms with Gasteiger partial charge < -0.3 is 5.32 Å². The van der Waals surface area contributed by atoms with E-state index < -0.39 is 11.2 Å². The van der Waals surface area contributed by atoms with Crippen molar-refractivity contribution in [2.75, 3.05) is 5.32 Å². The van der Waals surface area contributed by atoms with Crippen molar-refractivity contribution in [3.8, 4) is 0 Å². The van der Waals surface area contributed by atoms with E-state index in [-0.39, 0.29) is 5.91 Å². The number of rotatable bonds is 3. The van der Waals surface area contributed by atoms with Gasteiger partial charge in [-0.3, -0.25) is 9.78 Å². The van der Waals surface area contributed by atoms with E-state index in [0.29, 0.717) is 10.7 Å². The number of hydrogen-bond acceptors (Lipinski definition) is 2. The molecule has 22 heavy (non-hydrogen) atoms. The summed E-state index contributed by atoms with van der Waals surface area (Å²) >= 11 is 6.08. The van der Waals surface area contributed by atoms with Gasteiger partial charge in [0.25, 0.3) is 0 Å². The third kappa shape index (κ3) is 2.83. The number of hydrogen-bond donors (Lipinski definition) is 1. The molecule has 0 saturated heterocycles. The van der Waals surface area contributed by atoms with Gasteiger partial charge in [0.1, 0.15) is 5.82 Å². The van der Waals surface area contributed by atoms with Gasteiger partial charge in [0, 0.05) is 11.1 Å². The lowest BCUT2D eigenvalue weighted by atomic mass is 9.78. The minimum Gasteiger partial charge on any atom is -0.324 e. The quantitative estimate of drug-likeness (QED) is 0.915. The lowest BCUT2D eigenvalue weighted by Gasteiger charge is -2.28. The zero-order chi connectivity index (χ0) is 15.6. The van der Waals surface area contributed by atoms with E-state index in [0.717, 1.165) is 37.4 Å². The highest BCUT2D eigenvalue weighted by molar-refractivity contribution is 6.30. The molecule has 0 unspecified atom stereocenters. The zero-order valence-corrected chi connectivity index (χ0v) is 12.7. The Kier molecular flexibility index (Phi) is 4.12. The number of nitrogens with zero attached hydrogens (tertiary/aromatic N) is 1. The first-order chi connectivity index (χ1) is 10.6. The summed E-state index contributed by atoms with van der Waals surface area (Å²) in [5, 5.41) is 3.41. The Morgan fingerprint density at radius 3 is 2.68 bits per heavy atom. The second kappa shape index (κ2) is 6.05. The maximum Gasteiger partial charge on any atom is 0.235 e. The molecule has 1 saturated carbocycles. The number of anilines is 1. The number of carbonyl (C=O) groups excluding carboxylic acids is 1. The summed E-state index contributed by atoms with van der Waals surface area (Å²) in [6.45, 7) is 0. The van der Waals surface area contributed by atoms with E-state index in [2.05, 4.69) is 10.3 Å². The number of benzene rings is 1. The van der Waals surface area contributed by atoms with E-state index in [4.69, 9.17) is 11.6 Å². The molecule has 0 radical (unpaired) electrons. The minimum absolute atomic E-state index is 0.125. The molecule has 0 atom stereocenters. The van der Waals surface area contributed by atoms with E-state index in [9.17, 15) is 9.18 Å². The molecule has 1 aromatic carbocycles. The summed E-state index contributed by atoms with van der Waals surface area (Å²) in [7, 11) is 0. The highest BCUT2D eigenvalue weighted by Gasteiger charge is 2.42. The molecule has 0 aliphatic heterocycles. The molecule has 1 N–H and O–H groups in total. The molecule has 3 rings (SSSR count). The fraction of sp³-hybridized carbons (Fsp3) is 0.294. The number of pyridine rings is 1. The van der Waals surface area contributed by atoms with Crippen molar-refractivity contribution in [3.63, 3.8) is 0 Å². The number of aromatic nitrogens is 1. The summed E-state index contributed by atoms with van der Waals surface area (Å²) in [6.07, 6.45) is 6.06. The Balaban J connectivity index is 1.92. The van der Waals surface area contributed by atoms with Crippen molar-refractivity contribution >= 4 is 23.2 Å². The number of amides is 1. The van der Waals surface area contributed by atoms with E-state index in [1.165, 1.54) is 12.3 Å². The molecule has 5 heteroatoms. The molecule has 2 aromatic rings. The van der Waals surface area contributed by atoms with Crippen LogP contribution in [-0.4, -0.2) is 10.9 Å². The van der Waals surface area contributed by atoms with Gasteiger partial charge in [-0.1, -0.05) is 36.6 Å². The topological polar surface area (TPSA) is 42.0 Å². The predicted molar refractivity (Wildman–Crippen MR) is 84.4 cm³/mol. The van der Waals surface area contributed by atoms with Gasteiger partial charge in [-0.25, -0.2) is 4.39 Å². The lowest BCUT2D eigenvalue weighted by Crippen LogP contribution is -2.38. The normalized spacial score (nSPS) is 16.5. The Labute approximate surface area is 133 Å². The van der Waals surface area contributed by atoms with Crippen molar-refractivity contribution in [1.29, 1.82) is 0 Å². The highest BCUT2D eigenvalue weighted by Crippen LogP contribution is 2.42. The largest absolute Gasteiger partial charge is 0.324 e. The van der Waals surface area contributed by atoms with Gasteiger partial charge in [0.2, 0.25) is 5.91 Å². The van der Waals surface area contributed by atoms with Crippen LogP contribution in [0.25, 0.3) is 0 Å². The minimum atomic E-state index is -0.600. The van der Waals surface area contributed by atoms with Crippen LogP contribution >= 0.6 is 11.6 Å². The van der Waals surface area contributed by atoms with Crippen LogP contribution in [0.5, 0.6) is 0 Å². The van der Waals surface area contributed by atoms with Crippen molar-refractivity contribution in [1.82, 2.24) is 4.98 Å². The van der Waals surface area contributed by atoms with Gasteiger partial charge in [0.05, 0.1) is 23.5 Å². The summed E-state index contributed by atoms with van der Waals surface area (Å²) in [5.41, 5.74) is 0.690. The first kappa shape index (κ1) is 15.0. The average molecular weight is 319 g/mol. The van der Waals surface area contributed by atoms with Crippen LogP contribution in [0.15, 0.2) is 42.7 Å². The molecule has 1 aliphatic carbocycles. The van der Waals surface area contributed by atoms with Gasteiger partial charge >= 0.3 is 0 Å². The maximum atomic E-state index is 13.2. The summed E-state index contributed by atoms with van der Waals surface area (Å²) < 4.78 is 13.2. The van der Waals surface area contributed by atoms with Crippen molar-refractivity contribution in [3.05, 3.63) is 59.1 Å². The van der Waals surface area contributed by atoms with E-state index in [1.54, 1.807) is 6.07 Å². The van der Waals surface area contributed by atoms with Crippen molar-refractivity contribution in [2.45, 2.75) is 31.1 Å². The smallest absolute Gasteiger partial charge is 0.235 e. The molecular weight excluding hydrogens is 303 g/mol. The SMILES string of the molecule is O=C(Nc1cncc(F)c1)C1(c2cccc(Cl)c2)CCCC1. The zero-order valence-electron chi connectivity index (χ0n) is 12.0. The van der Waals surface area contributed by atoms with Gasteiger partial charge in [0.15, 0.2) is 0 Å². The van der Waals surface area contributed by atoms with Crippen LogP contribution in [-0.2, 0) is 10.2 Å². The van der Waals surface area contributed by atoms with Crippen LogP contribution < -0.4 is 5.32 Å². The summed E-state index contributed by atoms with van der Waals surface area (Å²) in [6, 6.07) is 8.69. The third-order valence-corrected chi connectivity index (χ3v) is 4.47. The molecule has 0 spiro atoms. The Morgan fingerprint density at radius 1 is 1.23 bits per heavy atom. The average Bonchev–Trinajstić information content (AvgIpc) is 2.98. The molecule has 1 aromatic heterocycles. The van der Waals surface area contributed by atoms with Crippen molar-refractivity contribution < 1.29 is 9.18 Å². The van der Waals surface area contributed by atoms with E-state index in [1.807, 2.05) is 18.2 Å². The van der Waals surface area contributed by atoms with Gasteiger partial charge in [-0.15, -0.1) is 0 Å². The number of carbonyl (C=O) groups is 1. The molecule has 114 valence electrons. The molecule has 1 amide bonds. The fourth-order valence-corrected chi connectivity index (χ4v) is 3.33. The van der Waals surface area contributed by atoms with Gasteiger partial charge in [-0.2, -0.15) is 0 Å². The van der Waals surface area contributed by atoms with Gasteiger partial charge in [-0.05, 0) is 30.5 Å². The molecular formula is C17H16ClFN2O. The first-order valence-corrected chi connectivity index (χ1v) is 7.66. The van der Waals surface area contributed by atoms with Crippen molar-refractivity contribution in [2.24, 2.45) is 0 Å². The molecule has 1 aliphatic rings. The lowest BCUT2D eigenvalue weighted by molar-refractivity contribution is -0.121. The highest BCUT2D eigenvalue weighted by atomic mass is 35.5. The fourth-order valence-electron chi connectivity index (χ4n) is 3.14. The maximum absolute atomic E-state index is 13.2. The second-order valence-electron chi connectivity index (χ2n) is 5.65. The molecule has 1 heterocycles. The van der Waals surface area contributed by atoms with Crippen LogP contribution in [0.4, 0.5) is 10.1 Å². The summed E-state index contributed by atoms with van der Waals surface area (Å²) in [5.74, 6) is -0.597. The Morgan fingerprint density at radius 2 is 2.00 bits per heavy atom. The number of nitrogens with one attached hydrogen (secondary N) is 1. The standard InChI is InChI=1S/C17H16ClFN2O/c18-13-5-3-4-12(8-13)17(6-1-2-7-17)16(22)21-15-9-14(19)10-20-11-15/h3-5,8-11H,1-2,6-7H2,(H,21,22). The van der Waals surface area contributed by atoms with E-state index >= 15 is 0 Å². The second-order valence-corrected chi connectivity index (χ2v) is 6.08. The number of halogens is 2. The monoisotopic (exact) mass is 318 g/mol. The van der Waals surface area contributed by atoms with Crippen LogP contribution in [0.1, 0.15) is 31.2 Å². The molecule has 0 bridgehead atoms.